The van der Waals surface area contributed by atoms with Gasteiger partial charge in [0.15, 0.2) is 0 Å². The summed E-state index contributed by atoms with van der Waals surface area (Å²) in [4.78, 5) is 37.0. The van der Waals surface area contributed by atoms with Crippen molar-refractivity contribution in [3.05, 3.63) is 37.5 Å². The SMILES string of the molecule is CCOC(=O)c1c(NC(=O)CCCn2nc(C)c([N+](=O)[O-])c2C)sc2c1CC[C@@H](C)C2. The number of anilines is 1. The molecule has 0 fully saturated rings. The minimum Gasteiger partial charge on any atom is -0.462 e. The lowest BCUT2D eigenvalue weighted by Gasteiger charge is -2.18. The van der Waals surface area contributed by atoms with Crippen LogP contribution in [0.1, 0.15) is 65.3 Å². The highest BCUT2D eigenvalue weighted by molar-refractivity contribution is 7.17. The van der Waals surface area contributed by atoms with Crippen LogP contribution in [0.3, 0.4) is 0 Å². The lowest BCUT2D eigenvalue weighted by atomic mass is 9.88. The Morgan fingerprint density at radius 1 is 1.39 bits per heavy atom. The zero-order valence-corrected chi connectivity index (χ0v) is 19.1. The normalized spacial score (nSPS) is 15.4. The first kappa shape index (κ1) is 22.9. The van der Waals surface area contributed by atoms with Gasteiger partial charge in [-0.25, -0.2) is 4.79 Å². The van der Waals surface area contributed by atoms with Crippen molar-refractivity contribution in [3.8, 4) is 0 Å². The minimum absolute atomic E-state index is 0.0157. The molecule has 0 aliphatic heterocycles. The van der Waals surface area contributed by atoms with Crippen LogP contribution in [0.4, 0.5) is 10.7 Å². The molecule has 1 atom stereocenters. The Balaban J connectivity index is 1.67. The molecule has 0 spiro atoms. The molecule has 1 N–H and O–H groups in total. The fourth-order valence-corrected chi connectivity index (χ4v) is 5.42. The Kier molecular flexibility index (Phi) is 7.09. The highest BCUT2D eigenvalue weighted by Crippen LogP contribution is 2.40. The van der Waals surface area contributed by atoms with Gasteiger partial charge in [-0.05, 0) is 57.9 Å². The van der Waals surface area contributed by atoms with Crippen LogP contribution in [-0.4, -0.2) is 33.2 Å². The molecule has 0 aromatic carbocycles. The van der Waals surface area contributed by atoms with Crippen LogP contribution >= 0.6 is 11.3 Å². The lowest BCUT2D eigenvalue weighted by molar-refractivity contribution is -0.386. The first-order valence-electron chi connectivity index (χ1n) is 10.5. The molecule has 10 heteroatoms. The van der Waals surface area contributed by atoms with Crippen molar-refractivity contribution < 1.29 is 19.2 Å². The van der Waals surface area contributed by atoms with Crippen molar-refractivity contribution in [2.24, 2.45) is 5.92 Å². The summed E-state index contributed by atoms with van der Waals surface area (Å²) in [5.74, 6) is -0.0393. The molecule has 1 aliphatic carbocycles. The standard InChI is InChI=1S/C21H28N4O5S/c1-5-30-21(27)18-15-9-8-12(2)11-16(15)31-20(18)22-17(26)7-6-10-24-14(4)19(25(28)29)13(3)23-24/h12H,5-11H2,1-4H3,(H,22,26)/t12-/m1/s1. The molecule has 0 saturated carbocycles. The molecule has 0 radical (unpaired) electrons. The highest BCUT2D eigenvalue weighted by Gasteiger charge is 2.29. The summed E-state index contributed by atoms with van der Waals surface area (Å²) in [6.45, 7) is 7.89. The zero-order chi connectivity index (χ0) is 22.7. The van der Waals surface area contributed by atoms with E-state index in [2.05, 4.69) is 17.3 Å². The summed E-state index contributed by atoms with van der Waals surface area (Å²) in [7, 11) is 0. The summed E-state index contributed by atoms with van der Waals surface area (Å²) in [5, 5.41) is 18.8. The molecule has 1 amide bonds. The van der Waals surface area contributed by atoms with Crippen molar-refractivity contribution in [2.75, 3.05) is 11.9 Å². The maximum absolute atomic E-state index is 12.6. The molecule has 168 valence electrons. The largest absolute Gasteiger partial charge is 0.462 e. The van der Waals surface area contributed by atoms with E-state index in [9.17, 15) is 19.7 Å². The van der Waals surface area contributed by atoms with Crippen LogP contribution in [0.2, 0.25) is 0 Å². The maximum atomic E-state index is 12.6. The molecule has 9 nitrogen and oxygen atoms in total. The van der Waals surface area contributed by atoms with Crippen LogP contribution in [0, 0.1) is 29.9 Å². The van der Waals surface area contributed by atoms with Gasteiger partial charge >= 0.3 is 11.7 Å². The van der Waals surface area contributed by atoms with Crippen molar-refractivity contribution in [1.82, 2.24) is 9.78 Å². The van der Waals surface area contributed by atoms with Gasteiger partial charge in [0.1, 0.15) is 16.4 Å². The third kappa shape index (κ3) is 4.95. The molecule has 31 heavy (non-hydrogen) atoms. The Bertz CT molecular complexity index is 1010. The number of hydrogen-bond acceptors (Lipinski definition) is 7. The highest BCUT2D eigenvalue weighted by atomic mass is 32.1. The first-order valence-corrected chi connectivity index (χ1v) is 11.3. The van der Waals surface area contributed by atoms with Crippen molar-refractivity contribution in [3.63, 3.8) is 0 Å². The number of thiophene rings is 1. The Labute approximate surface area is 184 Å². The van der Waals surface area contributed by atoms with Gasteiger partial charge in [0.05, 0.1) is 17.1 Å². The summed E-state index contributed by atoms with van der Waals surface area (Å²) < 4.78 is 6.80. The van der Waals surface area contributed by atoms with Crippen LogP contribution in [0.5, 0.6) is 0 Å². The zero-order valence-electron chi connectivity index (χ0n) is 18.3. The lowest BCUT2D eigenvalue weighted by Crippen LogP contribution is -2.17. The van der Waals surface area contributed by atoms with Gasteiger partial charge in [0, 0.05) is 17.8 Å². The number of aryl methyl sites for hydroxylation is 2. The van der Waals surface area contributed by atoms with Gasteiger partial charge in [-0.3, -0.25) is 19.6 Å². The van der Waals surface area contributed by atoms with E-state index in [0.717, 1.165) is 29.7 Å². The number of rotatable bonds is 8. The second-order valence-electron chi connectivity index (χ2n) is 7.93. The van der Waals surface area contributed by atoms with Crippen molar-refractivity contribution in [2.45, 2.75) is 66.3 Å². The molecule has 2 heterocycles. The summed E-state index contributed by atoms with van der Waals surface area (Å²) in [6.07, 6.45) is 3.42. The van der Waals surface area contributed by atoms with E-state index in [-0.39, 0.29) is 30.6 Å². The number of carbonyl (C=O) groups is 2. The molecule has 2 aromatic rings. The van der Waals surface area contributed by atoms with Gasteiger partial charge in [-0.2, -0.15) is 5.10 Å². The van der Waals surface area contributed by atoms with Crippen LogP contribution in [0.15, 0.2) is 0 Å². The summed E-state index contributed by atoms with van der Waals surface area (Å²) >= 11 is 1.46. The second kappa shape index (κ2) is 9.59. The number of hydrogen-bond donors (Lipinski definition) is 1. The van der Waals surface area contributed by atoms with E-state index in [1.165, 1.54) is 11.3 Å². The first-order chi connectivity index (χ1) is 14.7. The number of nitrogens with one attached hydrogen (secondary N) is 1. The van der Waals surface area contributed by atoms with Crippen LogP contribution in [0.25, 0.3) is 0 Å². The molecule has 0 bridgehead atoms. The number of ether oxygens (including phenoxy) is 1. The second-order valence-corrected chi connectivity index (χ2v) is 9.03. The Morgan fingerprint density at radius 3 is 2.77 bits per heavy atom. The molecule has 0 saturated heterocycles. The van der Waals surface area contributed by atoms with E-state index in [1.807, 2.05) is 0 Å². The van der Waals surface area contributed by atoms with Crippen molar-refractivity contribution in [1.29, 1.82) is 0 Å². The number of aromatic nitrogens is 2. The van der Waals surface area contributed by atoms with E-state index in [1.54, 1.807) is 25.5 Å². The van der Waals surface area contributed by atoms with Crippen LogP contribution in [-0.2, 0) is 28.9 Å². The van der Waals surface area contributed by atoms with Gasteiger partial charge < -0.3 is 10.1 Å². The molecular weight excluding hydrogens is 420 g/mol. The number of nitro groups is 1. The third-order valence-electron chi connectivity index (χ3n) is 5.54. The average molecular weight is 449 g/mol. The molecule has 0 unspecified atom stereocenters. The fraction of sp³-hybridized carbons (Fsp3) is 0.571. The smallest absolute Gasteiger partial charge is 0.341 e. The van der Waals surface area contributed by atoms with E-state index < -0.39 is 4.92 Å². The van der Waals surface area contributed by atoms with E-state index in [4.69, 9.17) is 4.74 Å². The molecule has 1 aliphatic rings. The van der Waals surface area contributed by atoms with Gasteiger partial charge in [-0.15, -0.1) is 11.3 Å². The Hall–Kier alpha value is -2.75. The van der Waals surface area contributed by atoms with Crippen molar-refractivity contribution >= 4 is 33.9 Å². The number of carbonyl (C=O) groups excluding carboxylic acids is 2. The fourth-order valence-electron chi connectivity index (χ4n) is 4.01. The number of nitrogens with zero attached hydrogens (tertiary/aromatic N) is 3. The summed E-state index contributed by atoms with van der Waals surface area (Å²) in [6, 6.07) is 0. The molecule has 3 rings (SSSR count). The third-order valence-corrected chi connectivity index (χ3v) is 6.71. The molecular formula is C21H28N4O5S. The number of fused-ring (bicyclic) bond motifs is 1. The maximum Gasteiger partial charge on any atom is 0.341 e. The van der Waals surface area contributed by atoms with E-state index in [0.29, 0.717) is 40.8 Å². The van der Waals surface area contributed by atoms with Crippen LogP contribution < -0.4 is 5.32 Å². The monoisotopic (exact) mass is 448 g/mol. The predicted molar refractivity (Wildman–Crippen MR) is 118 cm³/mol. The topological polar surface area (TPSA) is 116 Å². The number of esters is 1. The predicted octanol–water partition coefficient (Wildman–Crippen LogP) is 4.19. The van der Waals surface area contributed by atoms with Gasteiger partial charge in [0.2, 0.25) is 5.91 Å². The molecule has 2 aromatic heterocycles. The summed E-state index contributed by atoms with van der Waals surface area (Å²) in [5.41, 5.74) is 2.36. The van der Waals surface area contributed by atoms with E-state index >= 15 is 0 Å². The van der Waals surface area contributed by atoms with Gasteiger partial charge in [0.25, 0.3) is 0 Å². The average Bonchev–Trinajstić information content (AvgIpc) is 3.17. The quantitative estimate of drug-likeness (QED) is 0.368. The Morgan fingerprint density at radius 2 is 2.13 bits per heavy atom. The van der Waals surface area contributed by atoms with Gasteiger partial charge in [-0.1, -0.05) is 6.92 Å². The number of amides is 1. The minimum atomic E-state index is -0.433.